The fourth-order valence-corrected chi connectivity index (χ4v) is 2.75. The maximum absolute atomic E-state index is 13.1. The molecule has 0 fully saturated rings. The minimum Gasteiger partial charge on any atom is -0.438 e. The van der Waals surface area contributed by atoms with Gasteiger partial charge in [-0.1, -0.05) is 12.1 Å². The van der Waals surface area contributed by atoms with Gasteiger partial charge in [0.05, 0.1) is 11.1 Å². The van der Waals surface area contributed by atoms with E-state index in [1.807, 2.05) is 0 Å². The number of nitrogens with zero attached hydrogens (tertiary/aromatic N) is 4. The third-order valence-corrected chi connectivity index (χ3v) is 4.21. The van der Waals surface area contributed by atoms with Crippen LogP contribution in [0.15, 0.2) is 79.4 Å². The largest absolute Gasteiger partial charge is 0.438 e. The van der Waals surface area contributed by atoms with Crippen molar-refractivity contribution in [1.82, 2.24) is 19.7 Å². The van der Waals surface area contributed by atoms with E-state index in [-0.39, 0.29) is 5.88 Å². The predicted octanol–water partition coefficient (Wildman–Crippen LogP) is 4.73. The summed E-state index contributed by atoms with van der Waals surface area (Å²) < 4.78 is 46.6. The summed E-state index contributed by atoms with van der Waals surface area (Å²) in [6.07, 6.45) is 0.309. The van der Waals surface area contributed by atoms with Crippen LogP contribution < -0.4 is 10.1 Å². The first kappa shape index (κ1) is 20.1. The topological polar surface area (TPSA) is 81.9 Å². The fourth-order valence-electron chi connectivity index (χ4n) is 2.75. The Morgan fingerprint density at radius 3 is 2.39 bits per heavy atom. The van der Waals surface area contributed by atoms with Gasteiger partial charge in [-0.05, 0) is 42.5 Å². The first-order chi connectivity index (χ1) is 14.9. The minimum atomic E-state index is -4.62. The first-order valence-corrected chi connectivity index (χ1v) is 8.98. The van der Waals surface area contributed by atoms with Gasteiger partial charge in [-0.2, -0.15) is 13.2 Å². The lowest BCUT2D eigenvalue weighted by Crippen LogP contribution is -2.18. The van der Waals surface area contributed by atoms with Crippen molar-refractivity contribution >= 4 is 11.6 Å². The van der Waals surface area contributed by atoms with Gasteiger partial charge in [0.2, 0.25) is 5.88 Å². The smallest absolute Gasteiger partial charge is 0.417 e. The van der Waals surface area contributed by atoms with E-state index in [1.54, 1.807) is 47.6 Å². The Morgan fingerprint density at radius 1 is 0.968 bits per heavy atom. The molecule has 0 radical (unpaired) electrons. The van der Waals surface area contributed by atoms with E-state index in [2.05, 4.69) is 20.5 Å². The summed E-state index contributed by atoms with van der Waals surface area (Å²) in [5, 5.41) is 10.5. The summed E-state index contributed by atoms with van der Waals surface area (Å²) in [7, 11) is 0. The second-order valence-corrected chi connectivity index (χ2v) is 6.32. The molecule has 10 heteroatoms. The number of hydrogen-bond acceptors (Lipinski definition) is 5. The molecule has 0 aliphatic carbocycles. The Kier molecular flexibility index (Phi) is 5.35. The highest BCUT2D eigenvalue weighted by Crippen LogP contribution is 2.32. The Balaban J connectivity index is 1.43. The second-order valence-electron chi connectivity index (χ2n) is 6.32. The summed E-state index contributed by atoms with van der Waals surface area (Å²) in [5.74, 6) is 0.378. The van der Waals surface area contributed by atoms with Gasteiger partial charge < -0.3 is 10.1 Å². The molecule has 7 nitrogen and oxygen atoms in total. The van der Waals surface area contributed by atoms with Gasteiger partial charge in [-0.3, -0.25) is 9.36 Å². The fraction of sp³-hybridized carbons (Fsp3) is 0.0476. The van der Waals surface area contributed by atoms with Crippen LogP contribution in [0.25, 0.3) is 5.82 Å². The lowest BCUT2D eigenvalue weighted by atomic mass is 10.1. The molecule has 0 saturated carbocycles. The van der Waals surface area contributed by atoms with Crippen LogP contribution in [-0.4, -0.2) is 25.7 Å². The zero-order valence-electron chi connectivity index (χ0n) is 15.7. The van der Waals surface area contributed by atoms with Crippen molar-refractivity contribution < 1.29 is 22.7 Å². The number of nitrogens with one attached hydrogen (secondary N) is 1. The SMILES string of the molecule is O=C(Nc1ccc(Oc2ccc(-n3ccnc3)nn2)cc1)c1ccccc1C(F)(F)F. The molecule has 1 N–H and O–H groups in total. The molecule has 0 unspecified atom stereocenters. The maximum atomic E-state index is 13.1. The molecule has 0 aliphatic rings. The molecule has 0 aliphatic heterocycles. The highest BCUT2D eigenvalue weighted by Gasteiger charge is 2.34. The number of rotatable bonds is 5. The molecule has 4 rings (SSSR count). The van der Waals surface area contributed by atoms with E-state index < -0.39 is 23.2 Å². The van der Waals surface area contributed by atoms with Crippen molar-refractivity contribution in [2.45, 2.75) is 6.18 Å². The van der Waals surface area contributed by atoms with E-state index in [1.165, 1.54) is 24.3 Å². The van der Waals surface area contributed by atoms with Crippen molar-refractivity contribution in [2.24, 2.45) is 0 Å². The quantitative estimate of drug-likeness (QED) is 0.500. The Labute approximate surface area is 174 Å². The molecular formula is C21H14F3N5O2. The monoisotopic (exact) mass is 425 g/mol. The number of imidazole rings is 1. The Bertz CT molecular complexity index is 1180. The van der Waals surface area contributed by atoms with Gasteiger partial charge in [0.15, 0.2) is 5.82 Å². The third-order valence-electron chi connectivity index (χ3n) is 4.21. The lowest BCUT2D eigenvalue weighted by Gasteiger charge is -2.13. The average molecular weight is 425 g/mol. The van der Waals surface area contributed by atoms with Gasteiger partial charge in [0.1, 0.15) is 12.1 Å². The van der Waals surface area contributed by atoms with Crippen LogP contribution in [0.1, 0.15) is 15.9 Å². The molecule has 156 valence electrons. The number of ether oxygens (including phenoxy) is 1. The highest BCUT2D eigenvalue weighted by atomic mass is 19.4. The van der Waals surface area contributed by atoms with Crippen molar-refractivity contribution in [1.29, 1.82) is 0 Å². The number of hydrogen-bond donors (Lipinski definition) is 1. The van der Waals surface area contributed by atoms with E-state index in [9.17, 15) is 18.0 Å². The van der Waals surface area contributed by atoms with Gasteiger partial charge in [-0.25, -0.2) is 4.98 Å². The van der Waals surface area contributed by atoms with Crippen molar-refractivity contribution in [3.05, 3.63) is 90.5 Å². The molecule has 0 spiro atoms. The van der Waals surface area contributed by atoms with E-state index in [4.69, 9.17) is 4.74 Å². The van der Waals surface area contributed by atoms with Gasteiger partial charge >= 0.3 is 6.18 Å². The lowest BCUT2D eigenvalue weighted by molar-refractivity contribution is -0.137. The van der Waals surface area contributed by atoms with E-state index >= 15 is 0 Å². The summed E-state index contributed by atoms with van der Waals surface area (Å²) in [5.41, 5.74) is -1.13. The molecule has 31 heavy (non-hydrogen) atoms. The third kappa shape index (κ3) is 4.69. The molecule has 0 saturated heterocycles. The van der Waals surface area contributed by atoms with Crippen LogP contribution in [0.3, 0.4) is 0 Å². The normalized spacial score (nSPS) is 11.2. The first-order valence-electron chi connectivity index (χ1n) is 8.98. The number of amides is 1. The van der Waals surface area contributed by atoms with Crippen LogP contribution in [0, 0.1) is 0 Å². The Hall–Kier alpha value is -4.21. The summed E-state index contributed by atoms with van der Waals surface area (Å²) in [6, 6.07) is 14.1. The molecule has 0 bridgehead atoms. The molecule has 1 amide bonds. The summed E-state index contributed by atoms with van der Waals surface area (Å²) >= 11 is 0. The molecular weight excluding hydrogens is 411 g/mol. The minimum absolute atomic E-state index is 0.250. The zero-order valence-corrected chi connectivity index (χ0v) is 15.7. The number of alkyl halides is 3. The molecule has 2 aromatic heterocycles. The molecule has 2 heterocycles. The number of benzene rings is 2. The number of anilines is 1. The summed E-state index contributed by atoms with van der Waals surface area (Å²) in [4.78, 5) is 16.3. The standard InChI is InChI=1S/C21H14F3N5O2/c22-21(23,24)17-4-2-1-3-16(17)20(30)26-14-5-7-15(8-6-14)31-19-10-9-18(27-28-19)29-12-11-25-13-29/h1-13H,(H,26,30). The Morgan fingerprint density at radius 2 is 1.74 bits per heavy atom. The highest BCUT2D eigenvalue weighted by molar-refractivity contribution is 6.05. The average Bonchev–Trinajstić information content (AvgIpc) is 3.30. The molecule has 2 aromatic carbocycles. The predicted molar refractivity (Wildman–Crippen MR) is 105 cm³/mol. The van der Waals surface area contributed by atoms with Crippen LogP contribution in [0.5, 0.6) is 11.6 Å². The van der Waals surface area contributed by atoms with Crippen molar-refractivity contribution in [3.8, 4) is 17.4 Å². The van der Waals surface area contributed by atoms with Gasteiger partial charge in [0.25, 0.3) is 5.91 Å². The van der Waals surface area contributed by atoms with Crippen molar-refractivity contribution in [3.63, 3.8) is 0 Å². The van der Waals surface area contributed by atoms with Crippen LogP contribution in [0.4, 0.5) is 18.9 Å². The molecule has 0 atom stereocenters. The maximum Gasteiger partial charge on any atom is 0.417 e. The van der Waals surface area contributed by atoms with Crippen LogP contribution in [-0.2, 0) is 6.18 Å². The van der Waals surface area contributed by atoms with Gasteiger partial charge in [-0.15, -0.1) is 10.2 Å². The van der Waals surface area contributed by atoms with Crippen molar-refractivity contribution in [2.75, 3.05) is 5.32 Å². The molecule has 4 aromatic rings. The van der Waals surface area contributed by atoms with E-state index in [0.717, 1.165) is 12.1 Å². The number of carbonyl (C=O) groups is 1. The van der Waals surface area contributed by atoms with Gasteiger partial charge in [0, 0.05) is 24.1 Å². The zero-order chi connectivity index (χ0) is 21.8. The van der Waals surface area contributed by atoms with Crippen LogP contribution in [0.2, 0.25) is 0 Å². The number of carbonyl (C=O) groups excluding carboxylic acids is 1. The van der Waals surface area contributed by atoms with Crippen LogP contribution >= 0.6 is 0 Å². The van der Waals surface area contributed by atoms with E-state index in [0.29, 0.717) is 17.3 Å². The second kappa shape index (κ2) is 8.27. The number of aromatic nitrogens is 4. The summed E-state index contributed by atoms with van der Waals surface area (Å²) in [6.45, 7) is 0. The number of halogens is 3.